The van der Waals surface area contributed by atoms with E-state index in [2.05, 4.69) is 20.7 Å². The van der Waals surface area contributed by atoms with Crippen LogP contribution in [-0.2, 0) is 35.3 Å². The molecule has 1 aliphatic heterocycles. The first-order valence-electron chi connectivity index (χ1n) is 12.7. The van der Waals surface area contributed by atoms with E-state index in [1.54, 1.807) is 38.1 Å². The Morgan fingerprint density at radius 1 is 1.03 bits per heavy atom. The van der Waals surface area contributed by atoms with Gasteiger partial charge in [0.25, 0.3) is 0 Å². The van der Waals surface area contributed by atoms with Crippen molar-refractivity contribution in [3.05, 3.63) is 35.9 Å². The highest BCUT2D eigenvalue weighted by Crippen LogP contribution is 2.19. The second-order valence-corrected chi connectivity index (χ2v) is 9.61. The molecule has 0 unspecified atom stereocenters. The molecular formula is C26H38N4O9. The molecule has 4 amide bonds. The van der Waals surface area contributed by atoms with Gasteiger partial charge in [0.05, 0.1) is 19.8 Å². The van der Waals surface area contributed by atoms with Crippen LogP contribution in [0.15, 0.2) is 30.3 Å². The van der Waals surface area contributed by atoms with Gasteiger partial charge in [-0.05, 0) is 31.2 Å². The summed E-state index contributed by atoms with van der Waals surface area (Å²) in [6.45, 7) is 4.15. The number of hydrogen-bond donors (Lipinski definition) is 5. The number of nitrogens with one attached hydrogen (secondary N) is 3. The number of carbonyl (C=O) groups excluding carboxylic acids is 5. The maximum Gasteiger partial charge on any atom is 0.408 e. The van der Waals surface area contributed by atoms with Crippen LogP contribution in [0.3, 0.4) is 0 Å². The van der Waals surface area contributed by atoms with Crippen LogP contribution in [0.1, 0.15) is 39.2 Å². The number of benzene rings is 1. The summed E-state index contributed by atoms with van der Waals surface area (Å²) >= 11 is 0. The molecule has 0 radical (unpaired) electrons. The van der Waals surface area contributed by atoms with Crippen molar-refractivity contribution in [3.63, 3.8) is 0 Å². The molecule has 2 rings (SSSR count). The topological polar surface area (TPSA) is 184 Å². The van der Waals surface area contributed by atoms with E-state index in [0.717, 1.165) is 12.7 Å². The Hall–Kier alpha value is -3.71. The van der Waals surface area contributed by atoms with Gasteiger partial charge in [-0.25, -0.2) is 9.59 Å². The van der Waals surface area contributed by atoms with Gasteiger partial charge in [-0.2, -0.15) is 0 Å². The van der Waals surface area contributed by atoms with Gasteiger partial charge in [0.15, 0.2) is 6.04 Å². The number of aliphatic hydroxyl groups excluding tert-OH is 2. The first-order chi connectivity index (χ1) is 18.5. The molecule has 1 heterocycles. The lowest BCUT2D eigenvalue weighted by Gasteiger charge is -2.30. The van der Waals surface area contributed by atoms with Crippen LogP contribution >= 0.6 is 0 Å². The molecular weight excluding hydrogens is 512 g/mol. The molecule has 0 spiro atoms. The largest absolute Gasteiger partial charge is 0.467 e. The molecule has 39 heavy (non-hydrogen) atoms. The highest BCUT2D eigenvalue weighted by Gasteiger charge is 2.40. The van der Waals surface area contributed by atoms with E-state index in [0.29, 0.717) is 12.8 Å². The van der Waals surface area contributed by atoms with E-state index in [1.165, 1.54) is 11.8 Å². The Labute approximate surface area is 227 Å². The summed E-state index contributed by atoms with van der Waals surface area (Å²) in [6.07, 6.45) is -1.35. The van der Waals surface area contributed by atoms with Gasteiger partial charge in [0.1, 0.15) is 24.7 Å². The third kappa shape index (κ3) is 8.93. The van der Waals surface area contributed by atoms with Gasteiger partial charge in [0, 0.05) is 6.54 Å². The van der Waals surface area contributed by atoms with Gasteiger partial charge in [-0.3, -0.25) is 14.4 Å². The monoisotopic (exact) mass is 550 g/mol. The molecule has 0 aromatic heterocycles. The molecule has 0 bridgehead atoms. The molecule has 1 aliphatic rings. The Morgan fingerprint density at radius 2 is 1.69 bits per heavy atom. The van der Waals surface area contributed by atoms with Crippen molar-refractivity contribution in [3.8, 4) is 0 Å². The first kappa shape index (κ1) is 31.5. The van der Waals surface area contributed by atoms with E-state index >= 15 is 0 Å². The van der Waals surface area contributed by atoms with E-state index in [1.807, 2.05) is 6.07 Å². The van der Waals surface area contributed by atoms with Gasteiger partial charge in [-0.15, -0.1) is 0 Å². The molecule has 13 heteroatoms. The van der Waals surface area contributed by atoms with Crippen molar-refractivity contribution >= 4 is 29.8 Å². The van der Waals surface area contributed by atoms with Crippen LogP contribution in [0, 0.1) is 5.92 Å². The number of hydrogen-bond acceptors (Lipinski definition) is 9. The molecule has 1 fully saturated rings. The molecule has 1 saturated heterocycles. The summed E-state index contributed by atoms with van der Waals surface area (Å²) in [6, 6.07) is 4.22. The zero-order valence-corrected chi connectivity index (χ0v) is 22.6. The smallest absolute Gasteiger partial charge is 0.408 e. The summed E-state index contributed by atoms with van der Waals surface area (Å²) in [5, 5.41) is 27.0. The minimum atomic E-state index is -1.34. The highest BCUT2D eigenvalue weighted by atomic mass is 16.5. The van der Waals surface area contributed by atoms with E-state index in [9.17, 15) is 34.2 Å². The van der Waals surface area contributed by atoms with Crippen molar-refractivity contribution in [1.82, 2.24) is 20.9 Å². The lowest BCUT2D eigenvalue weighted by molar-refractivity contribution is -0.148. The normalized spacial score (nSPS) is 17.9. The minimum absolute atomic E-state index is 0.0295. The lowest BCUT2D eigenvalue weighted by atomic mass is 10.0. The van der Waals surface area contributed by atoms with E-state index in [4.69, 9.17) is 4.74 Å². The molecule has 1 aromatic carbocycles. The predicted molar refractivity (Wildman–Crippen MR) is 138 cm³/mol. The summed E-state index contributed by atoms with van der Waals surface area (Å²) < 4.78 is 9.73. The first-order valence-corrected chi connectivity index (χ1v) is 12.7. The van der Waals surface area contributed by atoms with Crippen LogP contribution in [-0.4, -0.2) is 95.4 Å². The number of likely N-dealkylation sites (tertiary alicyclic amines) is 1. The number of methoxy groups -OCH3 is 1. The summed E-state index contributed by atoms with van der Waals surface area (Å²) in [4.78, 5) is 64.6. The lowest BCUT2D eigenvalue weighted by Crippen LogP contribution is -2.59. The number of esters is 1. The molecule has 0 aliphatic carbocycles. The van der Waals surface area contributed by atoms with Crippen LogP contribution in [0.25, 0.3) is 0 Å². The van der Waals surface area contributed by atoms with Crippen molar-refractivity contribution in [2.24, 2.45) is 5.92 Å². The van der Waals surface area contributed by atoms with Gasteiger partial charge < -0.3 is 40.5 Å². The average Bonchev–Trinajstić information content (AvgIpc) is 3.41. The second kappa shape index (κ2) is 15.0. The number of nitrogens with zero attached hydrogens (tertiary/aromatic N) is 1. The number of rotatable bonds is 12. The zero-order valence-electron chi connectivity index (χ0n) is 22.6. The van der Waals surface area contributed by atoms with E-state index in [-0.39, 0.29) is 13.2 Å². The number of ether oxygens (including phenoxy) is 2. The van der Waals surface area contributed by atoms with Gasteiger partial charge >= 0.3 is 12.1 Å². The van der Waals surface area contributed by atoms with Gasteiger partial charge in [-0.1, -0.05) is 44.2 Å². The standard InChI is InChI=1S/C26H38N4O9/c1-15(2)20(23(34)29-21(16(3)32)25(36)38-4)28-22(33)19-11-8-12-30(19)24(35)18(13-31)27-26(37)39-14-17-9-6-5-7-10-17/h5-7,9-10,15-16,18-21,31-32H,8,11-14H2,1-4H3,(H,27,37)(H,28,33)(H,29,34)/t16-,18+,19+,20+,21+/m1/s1. The summed E-state index contributed by atoms with van der Waals surface area (Å²) in [5.74, 6) is -3.23. The second-order valence-electron chi connectivity index (χ2n) is 9.61. The third-order valence-electron chi connectivity index (χ3n) is 6.31. The maximum atomic E-state index is 13.2. The Bertz CT molecular complexity index is 1000. The molecule has 1 aromatic rings. The molecule has 0 saturated carbocycles. The van der Waals surface area contributed by atoms with Crippen molar-refractivity contribution in [2.75, 3.05) is 20.3 Å². The van der Waals surface area contributed by atoms with Crippen molar-refractivity contribution in [2.45, 2.75) is 70.5 Å². The van der Waals surface area contributed by atoms with Crippen molar-refractivity contribution in [1.29, 1.82) is 0 Å². The predicted octanol–water partition coefficient (Wildman–Crippen LogP) is -0.556. The minimum Gasteiger partial charge on any atom is -0.467 e. The number of alkyl carbamates (subject to hydrolysis) is 1. The van der Waals surface area contributed by atoms with Crippen LogP contribution in [0.5, 0.6) is 0 Å². The van der Waals surface area contributed by atoms with E-state index < -0.39 is 72.6 Å². The fourth-order valence-corrected chi connectivity index (χ4v) is 4.13. The highest BCUT2D eigenvalue weighted by molar-refractivity contribution is 5.95. The number of carbonyl (C=O) groups is 5. The average molecular weight is 551 g/mol. The molecule has 13 nitrogen and oxygen atoms in total. The van der Waals surface area contributed by atoms with Crippen LogP contribution < -0.4 is 16.0 Å². The Morgan fingerprint density at radius 3 is 2.26 bits per heavy atom. The number of amides is 4. The number of aliphatic hydroxyl groups is 2. The molecule has 5 N–H and O–H groups in total. The molecule has 216 valence electrons. The maximum absolute atomic E-state index is 13.2. The zero-order chi connectivity index (χ0) is 29.1. The third-order valence-corrected chi connectivity index (χ3v) is 6.31. The molecule has 5 atom stereocenters. The summed E-state index contributed by atoms with van der Waals surface area (Å²) in [5.41, 5.74) is 0.742. The Kier molecular flexibility index (Phi) is 12.1. The van der Waals surface area contributed by atoms with Crippen molar-refractivity contribution < 1.29 is 43.7 Å². The quantitative estimate of drug-likeness (QED) is 0.213. The van der Waals surface area contributed by atoms with Gasteiger partial charge in [0.2, 0.25) is 17.7 Å². The van der Waals surface area contributed by atoms with Crippen LogP contribution in [0.2, 0.25) is 0 Å². The summed E-state index contributed by atoms with van der Waals surface area (Å²) in [7, 11) is 1.12. The fourth-order valence-electron chi connectivity index (χ4n) is 4.13. The fraction of sp³-hybridized carbons (Fsp3) is 0.577. The Balaban J connectivity index is 2.03. The SMILES string of the molecule is COC(=O)[C@@H](NC(=O)[C@@H](NC(=O)[C@@H]1CCCN1C(=O)[C@H](CO)NC(=O)OCc1ccccc1)C(C)C)[C@@H](C)O. The van der Waals surface area contributed by atoms with Crippen LogP contribution in [0.4, 0.5) is 4.79 Å².